The lowest BCUT2D eigenvalue weighted by molar-refractivity contribution is 0.381. The molecule has 0 saturated carbocycles. The molecule has 12 heteroatoms. The highest BCUT2D eigenvalue weighted by molar-refractivity contribution is 7.67. The van der Waals surface area contributed by atoms with Gasteiger partial charge in [-0.15, -0.1) is 0 Å². The molecule has 0 saturated heterocycles. The van der Waals surface area contributed by atoms with Crippen molar-refractivity contribution in [1.29, 1.82) is 0 Å². The van der Waals surface area contributed by atoms with Crippen molar-refractivity contribution in [1.82, 2.24) is 0 Å². The van der Waals surface area contributed by atoms with E-state index in [4.69, 9.17) is 9.79 Å². The summed E-state index contributed by atoms with van der Waals surface area (Å²) < 4.78 is 34.2. The fourth-order valence-corrected chi connectivity index (χ4v) is 4.92. The van der Waals surface area contributed by atoms with Gasteiger partial charge in [-0.1, -0.05) is 12.1 Å². The van der Waals surface area contributed by atoms with E-state index >= 15 is 0 Å². The standard InChI is InChI=1S/C10H11O9P3/c11-20(12,13)7-2-3-8-6(5-7)1-4-9(21(14,15)16)10(8)22(17,18)19/h1-5H,(H2,11,12,13)(H2,14,15,16)(H2,17,18,19). The molecule has 9 nitrogen and oxygen atoms in total. The van der Waals surface area contributed by atoms with Crippen LogP contribution in [0.25, 0.3) is 10.8 Å². The fraction of sp³-hybridized carbons (Fsp3) is 0. The van der Waals surface area contributed by atoms with Gasteiger partial charge in [0.15, 0.2) is 0 Å². The summed E-state index contributed by atoms with van der Waals surface area (Å²) in [4.78, 5) is 55.4. The van der Waals surface area contributed by atoms with Gasteiger partial charge < -0.3 is 29.4 Å². The first-order chi connectivity index (χ1) is 9.82. The van der Waals surface area contributed by atoms with Gasteiger partial charge in [0.25, 0.3) is 0 Å². The molecular weight excluding hydrogens is 357 g/mol. The van der Waals surface area contributed by atoms with Crippen molar-refractivity contribution in [2.45, 2.75) is 0 Å². The van der Waals surface area contributed by atoms with Crippen molar-refractivity contribution in [3.8, 4) is 0 Å². The minimum absolute atomic E-state index is 0.0383. The second-order valence-corrected chi connectivity index (χ2v) is 9.18. The first-order valence-corrected chi connectivity index (χ1v) is 10.4. The van der Waals surface area contributed by atoms with E-state index in [1.165, 1.54) is 0 Å². The second kappa shape index (κ2) is 5.35. The Hall–Kier alpha value is -0.850. The van der Waals surface area contributed by atoms with Crippen LogP contribution in [0.3, 0.4) is 0 Å². The van der Waals surface area contributed by atoms with Crippen LogP contribution in [0.5, 0.6) is 0 Å². The molecule has 0 radical (unpaired) electrons. The molecule has 2 rings (SSSR count). The van der Waals surface area contributed by atoms with Crippen molar-refractivity contribution in [3.05, 3.63) is 30.3 Å². The SMILES string of the molecule is O=P(O)(O)c1ccc2c(P(=O)(O)O)c(P(=O)(O)O)ccc2c1. The lowest BCUT2D eigenvalue weighted by Crippen LogP contribution is -2.26. The second-order valence-electron chi connectivity index (χ2n) is 4.47. The molecule has 0 aliphatic heterocycles. The molecule has 2 aromatic carbocycles. The van der Waals surface area contributed by atoms with Crippen LogP contribution in [0, 0.1) is 0 Å². The third-order valence-corrected chi connectivity index (χ3v) is 6.09. The Balaban J connectivity index is 2.93. The topological polar surface area (TPSA) is 173 Å². The highest BCUT2D eigenvalue weighted by atomic mass is 31.2. The van der Waals surface area contributed by atoms with E-state index < -0.39 is 33.4 Å². The van der Waals surface area contributed by atoms with Gasteiger partial charge in [-0.3, -0.25) is 13.7 Å². The number of benzene rings is 2. The molecule has 0 fully saturated rings. The van der Waals surface area contributed by atoms with E-state index in [-0.39, 0.29) is 16.1 Å². The summed E-state index contributed by atoms with van der Waals surface area (Å²) >= 11 is 0. The molecule has 0 atom stereocenters. The Morgan fingerprint density at radius 2 is 1.27 bits per heavy atom. The summed E-state index contributed by atoms with van der Waals surface area (Å²) in [5, 5.41) is -2.20. The Morgan fingerprint density at radius 3 is 1.73 bits per heavy atom. The molecular formula is C10H11O9P3. The smallest absolute Gasteiger partial charge is 0.321 e. The lowest BCUT2D eigenvalue weighted by atomic mass is 10.1. The molecule has 0 spiro atoms. The third kappa shape index (κ3) is 3.39. The predicted octanol–water partition coefficient (Wildman–Crippen LogP) is -0.751. The normalized spacial score (nSPS) is 13.5. The van der Waals surface area contributed by atoms with Gasteiger partial charge in [-0.2, -0.15) is 0 Å². The highest BCUT2D eigenvalue weighted by Gasteiger charge is 2.33. The molecule has 6 N–H and O–H groups in total. The molecule has 0 heterocycles. The van der Waals surface area contributed by atoms with Crippen LogP contribution >= 0.6 is 22.8 Å². The van der Waals surface area contributed by atoms with E-state index in [9.17, 15) is 33.3 Å². The molecule has 120 valence electrons. The van der Waals surface area contributed by atoms with Gasteiger partial charge in [0, 0.05) is 0 Å². The Morgan fingerprint density at radius 1 is 0.682 bits per heavy atom. The minimum atomic E-state index is -5.04. The zero-order valence-electron chi connectivity index (χ0n) is 10.6. The average molecular weight is 368 g/mol. The lowest BCUT2D eigenvalue weighted by Gasteiger charge is -2.15. The van der Waals surface area contributed by atoms with Crippen LogP contribution < -0.4 is 15.9 Å². The Labute approximate surface area is 123 Å². The van der Waals surface area contributed by atoms with Crippen LogP contribution in [-0.2, 0) is 13.7 Å². The van der Waals surface area contributed by atoms with Gasteiger partial charge in [-0.25, -0.2) is 0 Å². The summed E-state index contributed by atoms with van der Waals surface area (Å²) in [6.45, 7) is 0. The number of hydrogen-bond acceptors (Lipinski definition) is 3. The van der Waals surface area contributed by atoms with Crippen LogP contribution in [-0.4, -0.2) is 29.4 Å². The van der Waals surface area contributed by atoms with Gasteiger partial charge in [-0.05, 0) is 29.0 Å². The Kier molecular flexibility index (Phi) is 4.26. The van der Waals surface area contributed by atoms with Gasteiger partial charge >= 0.3 is 22.8 Å². The fourth-order valence-electron chi connectivity index (χ4n) is 2.01. The molecule has 0 unspecified atom stereocenters. The maximum absolute atomic E-state index is 11.6. The first-order valence-electron chi connectivity index (χ1n) is 5.57. The maximum Gasteiger partial charge on any atom is 0.357 e. The van der Waals surface area contributed by atoms with Crippen molar-refractivity contribution in [3.63, 3.8) is 0 Å². The van der Waals surface area contributed by atoms with Crippen LogP contribution in [0.15, 0.2) is 30.3 Å². The molecule has 22 heavy (non-hydrogen) atoms. The highest BCUT2D eigenvalue weighted by Crippen LogP contribution is 2.43. The van der Waals surface area contributed by atoms with Crippen LogP contribution in [0.2, 0.25) is 0 Å². The van der Waals surface area contributed by atoms with Gasteiger partial charge in [0.2, 0.25) is 0 Å². The molecule has 0 amide bonds. The summed E-state index contributed by atoms with van der Waals surface area (Å²) in [6.07, 6.45) is 0. The zero-order chi connectivity index (χ0) is 16.9. The molecule has 0 bridgehead atoms. The average Bonchev–Trinajstić information content (AvgIpc) is 2.33. The quantitative estimate of drug-likeness (QED) is 0.381. The largest absolute Gasteiger partial charge is 0.357 e. The first kappa shape index (κ1) is 17.5. The summed E-state index contributed by atoms with van der Waals surface area (Å²) in [6, 6.07) is 4.94. The Bertz CT molecular complexity index is 888. The van der Waals surface area contributed by atoms with E-state index in [2.05, 4.69) is 0 Å². The third-order valence-electron chi connectivity index (χ3n) is 2.90. The van der Waals surface area contributed by atoms with Crippen LogP contribution in [0.1, 0.15) is 0 Å². The number of fused-ring (bicyclic) bond motifs is 1. The molecule has 0 aromatic heterocycles. The maximum atomic E-state index is 11.6. The van der Waals surface area contributed by atoms with Crippen molar-refractivity contribution < 1.29 is 43.1 Å². The van der Waals surface area contributed by atoms with E-state index in [0.717, 1.165) is 30.3 Å². The summed E-state index contributed by atoms with van der Waals surface area (Å²) in [5.41, 5.74) is 0. The predicted molar refractivity (Wildman–Crippen MR) is 79.0 cm³/mol. The van der Waals surface area contributed by atoms with Crippen molar-refractivity contribution in [2.75, 3.05) is 0 Å². The van der Waals surface area contributed by atoms with E-state index in [1.807, 2.05) is 0 Å². The summed E-state index contributed by atoms with van der Waals surface area (Å²) in [5.74, 6) is 0. The van der Waals surface area contributed by atoms with Crippen LogP contribution in [0.4, 0.5) is 0 Å². The number of rotatable bonds is 3. The minimum Gasteiger partial charge on any atom is -0.321 e. The number of hydrogen-bond donors (Lipinski definition) is 6. The van der Waals surface area contributed by atoms with E-state index in [1.54, 1.807) is 0 Å². The molecule has 0 aliphatic carbocycles. The van der Waals surface area contributed by atoms with E-state index in [0.29, 0.717) is 0 Å². The monoisotopic (exact) mass is 368 g/mol. The molecule has 0 aliphatic rings. The summed E-state index contributed by atoms with van der Waals surface area (Å²) in [7, 11) is -14.6. The van der Waals surface area contributed by atoms with Crippen molar-refractivity contribution in [2.24, 2.45) is 0 Å². The molecule has 2 aromatic rings. The van der Waals surface area contributed by atoms with Crippen molar-refractivity contribution >= 4 is 49.5 Å². The van der Waals surface area contributed by atoms with Gasteiger partial charge in [0.1, 0.15) is 0 Å². The van der Waals surface area contributed by atoms with Gasteiger partial charge in [0.05, 0.1) is 15.9 Å². The zero-order valence-corrected chi connectivity index (χ0v) is 13.3.